The summed E-state index contributed by atoms with van der Waals surface area (Å²) in [7, 11) is 7.38. The molecule has 3 rings (SSSR count). The fourth-order valence-corrected chi connectivity index (χ4v) is 3.98. The first-order valence-electron chi connectivity index (χ1n) is 9.12. The van der Waals surface area contributed by atoms with Gasteiger partial charge in [0.25, 0.3) is 5.91 Å². The van der Waals surface area contributed by atoms with E-state index in [1.54, 1.807) is 19.1 Å². The Labute approximate surface area is 168 Å². The number of amides is 1. The molecule has 2 heterocycles. The number of nitrogens with zero attached hydrogens (tertiary/aromatic N) is 2. The van der Waals surface area contributed by atoms with E-state index in [2.05, 4.69) is 14.1 Å². The Hall–Kier alpha value is -2.52. The molecule has 0 aliphatic carbocycles. The van der Waals surface area contributed by atoms with Gasteiger partial charge < -0.3 is 23.8 Å². The molecule has 1 amide bonds. The number of anilines is 1. The molecule has 0 atom stereocenters. The first kappa shape index (κ1) is 20.2. The van der Waals surface area contributed by atoms with Gasteiger partial charge in [0, 0.05) is 13.0 Å². The van der Waals surface area contributed by atoms with Crippen molar-refractivity contribution >= 4 is 32.6 Å². The second-order valence-corrected chi connectivity index (χ2v) is 7.59. The molecule has 0 unspecified atom stereocenters. The molecule has 28 heavy (non-hydrogen) atoms. The summed E-state index contributed by atoms with van der Waals surface area (Å²) >= 11 is 1.40. The second kappa shape index (κ2) is 9.11. The molecule has 152 valence electrons. The number of methoxy groups -OCH3 is 2. The topological polar surface area (TPSA) is 74.6 Å². The van der Waals surface area contributed by atoms with Gasteiger partial charge in [0.2, 0.25) is 5.76 Å². The largest absolute Gasteiger partial charge is 0.495 e. The Morgan fingerprint density at radius 2 is 2.00 bits per heavy atom. The molecule has 0 fully saturated rings. The first-order valence-corrected chi connectivity index (χ1v) is 9.93. The van der Waals surface area contributed by atoms with Crippen molar-refractivity contribution in [2.24, 2.45) is 0 Å². The van der Waals surface area contributed by atoms with E-state index >= 15 is 0 Å². The van der Waals surface area contributed by atoms with Gasteiger partial charge >= 0.3 is 0 Å². The van der Waals surface area contributed by atoms with Crippen LogP contribution in [0.2, 0.25) is 0 Å². The van der Waals surface area contributed by atoms with Crippen molar-refractivity contribution < 1.29 is 28.6 Å². The number of hydrogen-bond acceptors (Lipinski definition) is 7. The van der Waals surface area contributed by atoms with Crippen LogP contribution in [-0.4, -0.2) is 65.5 Å². The molecular weight excluding hydrogens is 382 g/mol. The number of aromatic nitrogens is 1. The zero-order valence-electron chi connectivity index (χ0n) is 16.6. The van der Waals surface area contributed by atoms with E-state index < -0.39 is 0 Å². The standard InChI is InChI=1S/C19H25N3O5S/c1-21(2)8-5-9-22(18(23)15-12-26-10-11-27-15)19-20-16-13(24-3)6-7-14(25-4)17(16)28-19/h6-7,12H,5,8-11H2,1-4H3/p+1. The molecule has 1 aliphatic heterocycles. The van der Waals surface area contributed by atoms with Crippen LogP contribution in [0.4, 0.5) is 5.13 Å². The van der Waals surface area contributed by atoms with E-state index in [1.165, 1.54) is 22.5 Å². The summed E-state index contributed by atoms with van der Waals surface area (Å²) in [5.41, 5.74) is 0.674. The second-order valence-electron chi connectivity index (χ2n) is 6.61. The van der Waals surface area contributed by atoms with Crippen LogP contribution in [0, 0.1) is 0 Å². The first-order chi connectivity index (χ1) is 13.5. The zero-order valence-corrected chi connectivity index (χ0v) is 17.4. The van der Waals surface area contributed by atoms with Crippen LogP contribution >= 0.6 is 11.3 Å². The minimum atomic E-state index is -0.259. The Kier molecular flexibility index (Phi) is 6.58. The fourth-order valence-electron chi connectivity index (χ4n) is 2.88. The number of hydrogen-bond donors (Lipinski definition) is 1. The van der Waals surface area contributed by atoms with Crippen molar-refractivity contribution in [1.29, 1.82) is 0 Å². The number of quaternary nitrogens is 1. The highest BCUT2D eigenvalue weighted by Crippen LogP contribution is 2.40. The summed E-state index contributed by atoms with van der Waals surface area (Å²) < 4.78 is 22.5. The molecule has 0 radical (unpaired) electrons. The monoisotopic (exact) mass is 408 g/mol. The van der Waals surface area contributed by atoms with Gasteiger partial charge in [-0.3, -0.25) is 9.69 Å². The molecule has 9 heteroatoms. The third-order valence-electron chi connectivity index (χ3n) is 4.29. The summed E-state index contributed by atoms with van der Waals surface area (Å²) in [6, 6.07) is 3.65. The van der Waals surface area contributed by atoms with Crippen LogP contribution < -0.4 is 19.3 Å². The highest BCUT2D eigenvalue weighted by atomic mass is 32.1. The lowest BCUT2D eigenvalue weighted by Crippen LogP contribution is -3.05. The van der Waals surface area contributed by atoms with Crippen LogP contribution in [0.15, 0.2) is 24.2 Å². The summed E-state index contributed by atoms with van der Waals surface area (Å²) in [4.78, 5) is 20.8. The molecule has 0 spiro atoms. The van der Waals surface area contributed by atoms with Crippen molar-refractivity contribution in [3.8, 4) is 11.5 Å². The maximum absolute atomic E-state index is 13.1. The van der Waals surface area contributed by atoms with E-state index in [1.807, 2.05) is 12.1 Å². The smallest absolute Gasteiger partial charge is 0.298 e. The van der Waals surface area contributed by atoms with E-state index in [4.69, 9.17) is 23.9 Å². The van der Waals surface area contributed by atoms with Gasteiger partial charge in [0.1, 0.15) is 41.2 Å². The number of carbonyl (C=O) groups excluding carboxylic acids is 1. The van der Waals surface area contributed by atoms with Crippen LogP contribution in [0.3, 0.4) is 0 Å². The minimum absolute atomic E-state index is 0.196. The molecule has 1 aromatic carbocycles. The highest BCUT2D eigenvalue weighted by molar-refractivity contribution is 7.22. The predicted molar refractivity (Wildman–Crippen MR) is 107 cm³/mol. The van der Waals surface area contributed by atoms with Gasteiger partial charge in [-0.25, -0.2) is 4.98 Å². The lowest BCUT2D eigenvalue weighted by Gasteiger charge is -2.23. The SMILES string of the molecule is COc1ccc(OC)c2sc(N(CCC[NH+](C)C)C(=O)C3=COCCO3)nc12. The van der Waals surface area contributed by atoms with Crippen LogP contribution in [0.25, 0.3) is 10.2 Å². The normalized spacial score (nSPS) is 13.7. The molecule has 0 saturated heterocycles. The van der Waals surface area contributed by atoms with Gasteiger partial charge in [-0.2, -0.15) is 0 Å². The van der Waals surface area contributed by atoms with Crippen LogP contribution in [-0.2, 0) is 14.3 Å². The van der Waals surface area contributed by atoms with E-state index in [9.17, 15) is 4.79 Å². The van der Waals surface area contributed by atoms with Gasteiger partial charge in [-0.15, -0.1) is 0 Å². The number of nitrogens with one attached hydrogen (secondary N) is 1. The molecule has 8 nitrogen and oxygen atoms in total. The number of benzene rings is 1. The Morgan fingerprint density at radius 3 is 2.64 bits per heavy atom. The molecule has 1 N–H and O–H groups in total. The highest BCUT2D eigenvalue weighted by Gasteiger charge is 2.27. The quantitative estimate of drug-likeness (QED) is 0.704. The Balaban J connectivity index is 1.98. The Morgan fingerprint density at radius 1 is 1.25 bits per heavy atom. The molecule has 0 bridgehead atoms. The zero-order chi connectivity index (χ0) is 20.1. The number of thiazole rings is 1. The van der Waals surface area contributed by atoms with Crippen LogP contribution in [0.5, 0.6) is 11.5 Å². The Bertz CT molecular complexity index is 824. The maximum atomic E-state index is 13.1. The van der Waals surface area contributed by atoms with Crippen molar-refractivity contribution in [3.63, 3.8) is 0 Å². The molecule has 1 aromatic heterocycles. The van der Waals surface area contributed by atoms with Gasteiger partial charge in [0.15, 0.2) is 5.13 Å². The van der Waals surface area contributed by atoms with E-state index in [0.29, 0.717) is 41.9 Å². The lowest BCUT2D eigenvalue weighted by molar-refractivity contribution is -0.858. The molecule has 2 aromatic rings. The average molecular weight is 409 g/mol. The van der Waals surface area contributed by atoms with E-state index in [-0.39, 0.29) is 11.7 Å². The van der Waals surface area contributed by atoms with Crippen LogP contribution in [0.1, 0.15) is 6.42 Å². The maximum Gasteiger partial charge on any atom is 0.298 e. The predicted octanol–water partition coefficient (Wildman–Crippen LogP) is 1.07. The van der Waals surface area contributed by atoms with Crippen molar-refractivity contribution in [2.75, 3.05) is 59.5 Å². The molecule has 1 aliphatic rings. The van der Waals surface area contributed by atoms with Crippen molar-refractivity contribution in [3.05, 3.63) is 24.2 Å². The number of ether oxygens (including phenoxy) is 4. The lowest BCUT2D eigenvalue weighted by atomic mass is 10.3. The summed E-state index contributed by atoms with van der Waals surface area (Å²) in [6.07, 6.45) is 2.21. The number of fused-ring (bicyclic) bond motifs is 1. The van der Waals surface area contributed by atoms with Gasteiger partial charge in [-0.1, -0.05) is 11.3 Å². The summed E-state index contributed by atoms with van der Waals surface area (Å²) in [5, 5.41) is 0.576. The number of carbonyl (C=O) groups is 1. The molecule has 0 saturated carbocycles. The van der Waals surface area contributed by atoms with Crippen molar-refractivity contribution in [2.45, 2.75) is 6.42 Å². The van der Waals surface area contributed by atoms with Gasteiger partial charge in [0.05, 0.1) is 34.9 Å². The summed E-state index contributed by atoms with van der Waals surface area (Å²) in [5.74, 6) is 1.27. The molecular formula is C19H26N3O5S+. The average Bonchev–Trinajstić information content (AvgIpc) is 3.15. The fraction of sp³-hybridized carbons (Fsp3) is 0.474. The van der Waals surface area contributed by atoms with E-state index in [0.717, 1.165) is 17.7 Å². The third kappa shape index (κ3) is 4.31. The van der Waals surface area contributed by atoms with Gasteiger partial charge in [-0.05, 0) is 12.1 Å². The minimum Gasteiger partial charge on any atom is -0.495 e. The third-order valence-corrected chi connectivity index (χ3v) is 5.39. The number of rotatable bonds is 8. The van der Waals surface area contributed by atoms with Crippen molar-refractivity contribution in [1.82, 2.24) is 4.98 Å². The summed E-state index contributed by atoms with van der Waals surface area (Å²) in [6.45, 7) is 2.25.